The maximum atomic E-state index is 13.0. The molecule has 8 heteroatoms. The normalized spacial score (nSPS) is 18.9. The largest absolute Gasteiger partial charge is 0.435 e. The van der Waals surface area contributed by atoms with Crippen molar-refractivity contribution < 1.29 is 22.7 Å². The van der Waals surface area contributed by atoms with E-state index in [-0.39, 0.29) is 30.5 Å². The van der Waals surface area contributed by atoms with Crippen LogP contribution in [0.4, 0.5) is 13.2 Å². The second-order valence-electron chi connectivity index (χ2n) is 6.07. The standard InChI is InChI=1S/C15H20F3N3O2/c16-15(17,18)13-11-9-23-8-5-12(11)21(20-13)7-6-19-14(22)10-3-1-2-4-10/h10H,1-9H2,(H,19,22). The van der Waals surface area contributed by atoms with Crippen LogP contribution in [-0.2, 0) is 35.3 Å². The van der Waals surface area contributed by atoms with Crippen molar-refractivity contribution in [1.82, 2.24) is 15.1 Å². The minimum Gasteiger partial charge on any atom is -0.376 e. The van der Waals surface area contributed by atoms with E-state index in [0.29, 0.717) is 25.3 Å². The van der Waals surface area contributed by atoms with Crippen molar-refractivity contribution in [3.8, 4) is 0 Å². The number of carbonyl (C=O) groups excluding carboxylic acids is 1. The lowest BCUT2D eigenvalue weighted by molar-refractivity contribution is -0.142. The van der Waals surface area contributed by atoms with Crippen molar-refractivity contribution in [2.75, 3.05) is 13.2 Å². The number of rotatable bonds is 4. The average molecular weight is 331 g/mol. The minimum atomic E-state index is -4.48. The van der Waals surface area contributed by atoms with Crippen LogP contribution in [0.1, 0.15) is 42.6 Å². The van der Waals surface area contributed by atoms with E-state index in [1.54, 1.807) is 0 Å². The lowest BCUT2D eigenvalue weighted by atomic mass is 10.1. The number of hydrogen-bond acceptors (Lipinski definition) is 3. The van der Waals surface area contributed by atoms with Gasteiger partial charge in [-0.2, -0.15) is 18.3 Å². The van der Waals surface area contributed by atoms with E-state index in [2.05, 4.69) is 10.4 Å². The van der Waals surface area contributed by atoms with Gasteiger partial charge in [0.05, 0.1) is 19.8 Å². The first kappa shape index (κ1) is 16.3. The Kier molecular flexibility index (Phi) is 4.61. The van der Waals surface area contributed by atoms with Crippen LogP contribution in [0.3, 0.4) is 0 Å². The van der Waals surface area contributed by atoms with E-state index in [0.717, 1.165) is 25.7 Å². The second-order valence-corrected chi connectivity index (χ2v) is 6.07. The molecule has 1 aliphatic heterocycles. The number of halogens is 3. The molecule has 2 aliphatic rings. The summed E-state index contributed by atoms with van der Waals surface area (Å²) in [7, 11) is 0. The van der Waals surface area contributed by atoms with E-state index in [4.69, 9.17) is 4.74 Å². The first-order valence-corrected chi connectivity index (χ1v) is 7.98. The van der Waals surface area contributed by atoms with Crippen molar-refractivity contribution in [2.24, 2.45) is 5.92 Å². The van der Waals surface area contributed by atoms with E-state index >= 15 is 0 Å². The molecule has 1 aliphatic carbocycles. The van der Waals surface area contributed by atoms with Gasteiger partial charge < -0.3 is 10.1 Å². The summed E-state index contributed by atoms with van der Waals surface area (Å²) in [6.45, 7) is 0.877. The van der Waals surface area contributed by atoms with Gasteiger partial charge in [0, 0.05) is 30.1 Å². The molecule has 1 N–H and O–H groups in total. The average Bonchev–Trinajstić information content (AvgIpc) is 3.14. The monoisotopic (exact) mass is 331 g/mol. The summed E-state index contributed by atoms with van der Waals surface area (Å²) in [6.07, 6.45) is -0.130. The van der Waals surface area contributed by atoms with Crippen molar-refractivity contribution in [2.45, 2.75) is 51.4 Å². The van der Waals surface area contributed by atoms with Gasteiger partial charge in [-0.05, 0) is 12.8 Å². The number of hydrogen-bond donors (Lipinski definition) is 1. The zero-order chi connectivity index (χ0) is 16.4. The first-order chi connectivity index (χ1) is 11.0. The van der Waals surface area contributed by atoms with Crippen LogP contribution in [0, 0.1) is 5.92 Å². The molecular formula is C15H20F3N3O2. The maximum absolute atomic E-state index is 13.0. The highest BCUT2D eigenvalue weighted by atomic mass is 19.4. The van der Waals surface area contributed by atoms with Gasteiger partial charge in [0.1, 0.15) is 0 Å². The van der Waals surface area contributed by atoms with Crippen LogP contribution in [-0.4, -0.2) is 28.8 Å². The summed E-state index contributed by atoms with van der Waals surface area (Å²) in [6, 6.07) is 0. The van der Waals surface area contributed by atoms with Gasteiger partial charge in [-0.25, -0.2) is 0 Å². The van der Waals surface area contributed by atoms with Gasteiger partial charge in [0.15, 0.2) is 5.69 Å². The first-order valence-electron chi connectivity index (χ1n) is 7.98. The zero-order valence-electron chi connectivity index (χ0n) is 12.8. The number of fused-ring (bicyclic) bond motifs is 1. The lowest BCUT2D eigenvalue weighted by Gasteiger charge is -2.16. The summed E-state index contributed by atoms with van der Waals surface area (Å²) in [5.41, 5.74) is -0.168. The van der Waals surface area contributed by atoms with Gasteiger partial charge in [0.25, 0.3) is 0 Å². The fraction of sp³-hybridized carbons (Fsp3) is 0.733. The molecule has 1 fully saturated rings. The molecular weight excluding hydrogens is 311 g/mol. The molecule has 0 aromatic carbocycles. The Morgan fingerprint density at radius 3 is 2.78 bits per heavy atom. The molecule has 2 heterocycles. The van der Waals surface area contributed by atoms with E-state index < -0.39 is 11.9 Å². The number of aromatic nitrogens is 2. The fourth-order valence-electron chi connectivity index (χ4n) is 3.34. The molecule has 128 valence electrons. The topological polar surface area (TPSA) is 56.2 Å². The highest BCUT2D eigenvalue weighted by molar-refractivity contribution is 5.78. The molecule has 23 heavy (non-hydrogen) atoms. The summed E-state index contributed by atoms with van der Waals surface area (Å²) < 4.78 is 45.6. The number of amides is 1. The highest BCUT2D eigenvalue weighted by Gasteiger charge is 2.39. The molecule has 1 saturated carbocycles. The molecule has 0 unspecified atom stereocenters. The van der Waals surface area contributed by atoms with E-state index in [1.165, 1.54) is 4.68 Å². The molecule has 1 aromatic heterocycles. The van der Waals surface area contributed by atoms with E-state index in [1.807, 2.05) is 0 Å². The van der Waals surface area contributed by atoms with Crippen LogP contribution in [0.15, 0.2) is 0 Å². The Labute approximate surface area is 132 Å². The molecule has 1 aromatic rings. The third kappa shape index (κ3) is 3.52. The molecule has 5 nitrogen and oxygen atoms in total. The van der Waals surface area contributed by atoms with Crippen molar-refractivity contribution in [3.63, 3.8) is 0 Å². The van der Waals surface area contributed by atoms with Gasteiger partial charge in [-0.1, -0.05) is 12.8 Å². The Morgan fingerprint density at radius 1 is 1.35 bits per heavy atom. The molecule has 1 amide bonds. The van der Waals surface area contributed by atoms with Gasteiger partial charge in [0.2, 0.25) is 5.91 Å². The molecule has 0 radical (unpaired) electrons. The number of nitrogens with zero attached hydrogens (tertiary/aromatic N) is 2. The Morgan fingerprint density at radius 2 is 2.09 bits per heavy atom. The molecule has 3 rings (SSSR count). The van der Waals surface area contributed by atoms with Crippen molar-refractivity contribution in [3.05, 3.63) is 17.0 Å². The minimum absolute atomic E-state index is 0.00269. The number of ether oxygens (including phenoxy) is 1. The quantitative estimate of drug-likeness (QED) is 0.921. The number of carbonyl (C=O) groups is 1. The summed E-state index contributed by atoms with van der Waals surface area (Å²) in [4.78, 5) is 11.9. The predicted octanol–water partition coefficient (Wildman–Crippen LogP) is 2.28. The third-order valence-electron chi connectivity index (χ3n) is 4.51. The second kappa shape index (κ2) is 6.51. The maximum Gasteiger partial charge on any atom is 0.435 e. The highest BCUT2D eigenvalue weighted by Crippen LogP contribution is 2.34. The molecule has 0 saturated heterocycles. The fourth-order valence-corrected chi connectivity index (χ4v) is 3.34. The zero-order valence-corrected chi connectivity index (χ0v) is 12.8. The van der Waals surface area contributed by atoms with Gasteiger partial charge in [-0.15, -0.1) is 0 Å². The Bertz CT molecular complexity index is 577. The van der Waals surface area contributed by atoms with Crippen LogP contribution < -0.4 is 5.32 Å². The summed E-state index contributed by atoms with van der Waals surface area (Å²) in [5, 5.41) is 6.53. The summed E-state index contributed by atoms with van der Waals surface area (Å²) in [5.74, 6) is 0.0589. The van der Waals surface area contributed by atoms with Gasteiger partial charge >= 0.3 is 6.18 Å². The Balaban J connectivity index is 1.65. The smallest absolute Gasteiger partial charge is 0.376 e. The van der Waals surface area contributed by atoms with Crippen LogP contribution in [0.5, 0.6) is 0 Å². The predicted molar refractivity (Wildman–Crippen MR) is 75.6 cm³/mol. The Hall–Kier alpha value is -1.57. The lowest BCUT2D eigenvalue weighted by Crippen LogP contribution is -2.32. The molecule has 0 bridgehead atoms. The van der Waals surface area contributed by atoms with Crippen LogP contribution >= 0.6 is 0 Å². The van der Waals surface area contributed by atoms with Crippen molar-refractivity contribution >= 4 is 5.91 Å². The van der Waals surface area contributed by atoms with Crippen molar-refractivity contribution in [1.29, 1.82) is 0 Å². The van der Waals surface area contributed by atoms with Crippen LogP contribution in [0.25, 0.3) is 0 Å². The SMILES string of the molecule is O=C(NCCn1nc(C(F)(F)F)c2c1CCOC2)C1CCCC1. The summed E-state index contributed by atoms with van der Waals surface area (Å²) >= 11 is 0. The van der Waals surface area contributed by atoms with E-state index in [9.17, 15) is 18.0 Å². The number of nitrogens with one attached hydrogen (secondary N) is 1. The number of alkyl halides is 3. The van der Waals surface area contributed by atoms with Gasteiger partial charge in [-0.3, -0.25) is 9.48 Å². The molecule has 0 spiro atoms. The molecule has 0 atom stereocenters. The van der Waals surface area contributed by atoms with Crippen LogP contribution in [0.2, 0.25) is 0 Å². The third-order valence-corrected chi connectivity index (χ3v) is 4.51.